The molecule has 6 heteroatoms. The Morgan fingerprint density at radius 1 is 1.35 bits per heavy atom. The van der Waals surface area contributed by atoms with Crippen LogP contribution in [0.1, 0.15) is 12.0 Å². The maximum Gasteiger partial charge on any atom is 0.256 e. The molecule has 0 saturated heterocycles. The van der Waals surface area contributed by atoms with E-state index in [0.29, 0.717) is 17.9 Å². The molecule has 6 nitrogen and oxygen atoms in total. The molecule has 0 fully saturated rings. The minimum Gasteiger partial charge on any atom is -0.497 e. The molecular weight excluding hydrogens is 328 g/mol. The fraction of sp³-hybridized carbons (Fsp3) is 0.300. The number of nitrogens with zero attached hydrogens (tertiary/aromatic N) is 3. The van der Waals surface area contributed by atoms with Gasteiger partial charge < -0.3 is 14.6 Å². The number of pyridine rings is 1. The smallest absolute Gasteiger partial charge is 0.256 e. The minimum atomic E-state index is -0.0641. The highest BCUT2D eigenvalue weighted by Crippen LogP contribution is 2.20. The monoisotopic (exact) mass is 350 g/mol. The topological polar surface area (TPSA) is 61.1 Å². The van der Waals surface area contributed by atoms with Gasteiger partial charge in [-0.25, -0.2) is 4.98 Å². The predicted molar refractivity (Wildman–Crippen MR) is 102 cm³/mol. The number of aromatic nitrogens is 3. The summed E-state index contributed by atoms with van der Waals surface area (Å²) in [4.78, 5) is 16.8. The highest BCUT2D eigenvalue weighted by atomic mass is 16.5. The van der Waals surface area contributed by atoms with Crippen LogP contribution in [0.3, 0.4) is 0 Å². The van der Waals surface area contributed by atoms with Crippen LogP contribution >= 0.6 is 0 Å². The third kappa shape index (κ3) is 3.95. The normalized spacial score (nSPS) is 10.8. The van der Waals surface area contributed by atoms with Crippen molar-refractivity contribution in [3.63, 3.8) is 0 Å². The lowest BCUT2D eigenvalue weighted by Gasteiger charge is -2.12. The van der Waals surface area contributed by atoms with Gasteiger partial charge in [-0.05, 0) is 36.6 Å². The predicted octanol–water partition coefficient (Wildman–Crippen LogP) is 2.02. The van der Waals surface area contributed by atoms with Crippen molar-refractivity contribution in [2.45, 2.75) is 26.1 Å². The van der Waals surface area contributed by atoms with E-state index in [1.807, 2.05) is 35.0 Å². The highest BCUT2D eigenvalue weighted by molar-refractivity contribution is 5.81. The molecule has 2 heterocycles. The van der Waals surface area contributed by atoms with Crippen LogP contribution in [0.15, 0.2) is 47.8 Å². The maximum absolute atomic E-state index is 12.8. The molecule has 1 N–H and O–H groups in total. The number of fused-ring (bicyclic) bond motifs is 1. The van der Waals surface area contributed by atoms with Crippen LogP contribution in [0.25, 0.3) is 10.9 Å². The van der Waals surface area contributed by atoms with Crippen LogP contribution in [-0.2, 0) is 19.6 Å². The lowest BCUT2D eigenvalue weighted by atomic mass is 10.1. The SMILES string of the molecule is C#CCn1c(=O)c(CNCCCn2ccnc2)cc2ccc(OC)cc21. The highest BCUT2D eigenvalue weighted by Gasteiger charge is 2.09. The van der Waals surface area contributed by atoms with Crippen molar-refractivity contribution < 1.29 is 4.74 Å². The molecule has 0 atom stereocenters. The van der Waals surface area contributed by atoms with Crippen LogP contribution in [-0.4, -0.2) is 27.8 Å². The first-order chi connectivity index (χ1) is 12.7. The standard InChI is InChI=1S/C20H22N4O2/c1-3-9-24-19-13-18(26-2)6-5-16(19)12-17(20(24)25)14-21-7-4-10-23-11-8-22-15-23/h1,5-6,8,11-13,15,21H,4,7,9-10,14H2,2H3. The number of rotatable bonds is 8. The second-order valence-corrected chi connectivity index (χ2v) is 6.02. The third-order valence-corrected chi connectivity index (χ3v) is 4.27. The number of hydrogen-bond donors (Lipinski definition) is 1. The van der Waals surface area contributed by atoms with Crippen molar-refractivity contribution in [2.24, 2.45) is 0 Å². The molecule has 0 aliphatic heterocycles. The summed E-state index contributed by atoms with van der Waals surface area (Å²) in [7, 11) is 1.60. The van der Waals surface area contributed by atoms with E-state index < -0.39 is 0 Å². The van der Waals surface area contributed by atoms with Crippen LogP contribution in [0.4, 0.5) is 0 Å². The molecular formula is C20H22N4O2. The summed E-state index contributed by atoms with van der Waals surface area (Å²) in [5.74, 6) is 3.27. The van der Waals surface area contributed by atoms with Gasteiger partial charge in [-0.3, -0.25) is 9.36 Å². The molecule has 0 aliphatic carbocycles. The Balaban J connectivity index is 1.74. The fourth-order valence-electron chi connectivity index (χ4n) is 2.94. The van der Waals surface area contributed by atoms with E-state index in [1.165, 1.54) is 0 Å². The second-order valence-electron chi connectivity index (χ2n) is 6.02. The van der Waals surface area contributed by atoms with Crippen molar-refractivity contribution >= 4 is 10.9 Å². The Labute approximate surface area is 152 Å². The van der Waals surface area contributed by atoms with Gasteiger partial charge in [-0.15, -0.1) is 6.42 Å². The van der Waals surface area contributed by atoms with Crippen molar-refractivity contribution in [3.8, 4) is 18.1 Å². The van der Waals surface area contributed by atoms with Gasteiger partial charge in [0.2, 0.25) is 0 Å². The van der Waals surface area contributed by atoms with Crippen LogP contribution in [0.5, 0.6) is 5.75 Å². The Morgan fingerprint density at radius 2 is 2.23 bits per heavy atom. The van der Waals surface area contributed by atoms with Crippen LogP contribution < -0.4 is 15.6 Å². The van der Waals surface area contributed by atoms with Crippen molar-refractivity contribution in [3.05, 3.63) is 58.9 Å². The van der Waals surface area contributed by atoms with Gasteiger partial charge in [0.05, 0.1) is 25.5 Å². The minimum absolute atomic E-state index is 0.0641. The van der Waals surface area contributed by atoms with Gasteiger partial charge in [-0.1, -0.05) is 5.92 Å². The average Bonchev–Trinajstić information content (AvgIpc) is 3.17. The molecule has 2 aromatic heterocycles. The Morgan fingerprint density at radius 3 is 2.96 bits per heavy atom. The van der Waals surface area contributed by atoms with Gasteiger partial charge >= 0.3 is 0 Å². The number of terminal acetylenes is 1. The molecule has 3 aromatic rings. The van der Waals surface area contributed by atoms with Gasteiger partial charge in [0.25, 0.3) is 5.56 Å². The zero-order valence-corrected chi connectivity index (χ0v) is 14.8. The molecule has 0 aliphatic rings. The molecule has 1 aromatic carbocycles. The maximum atomic E-state index is 12.8. The van der Waals surface area contributed by atoms with E-state index in [9.17, 15) is 4.79 Å². The van der Waals surface area contributed by atoms with Crippen molar-refractivity contribution in [1.29, 1.82) is 0 Å². The van der Waals surface area contributed by atoms with E-state index in [0.717, 1.165) is 30.4 Å². The first kappa shape index (κ1) is 17.8. The van der Waals surface area contributed by atoms with Gasteiger partial charge in [0.1, 0.15) is 5.75 Å². The van der Waals surface area contributed by atoms with Crippen molar-refractivity contribution in [2.75, 3.05) is 13.7 Å². The molecule has 0 unspecified atom stereocenters. The summed E-state index contributed by atoms with van der Waals surface area (Å²) in [5.41, 5.74) is 1.43. The van der Waals surface area contributed by atoms with E-state index in [4.69, 9.17) is 11.2 Å². The number of imidazole rings is 1. The number of ether oxygens (including phenoxy) is 1. The van der Waals surface area contributed by atoms with Gasteiger partial charge in [-0.2, -0.15) is 0 Å². The molecule has 0 radical (unpaired) electrons. The lowest BCUT2D eigenvalue weighted by molar-refractivity contribution is 0.415. The Hall–Kier alpha value is -3.04. The van der Waals surface area contributed by atoms with E-state index in [1.54, 1.807) is 24.2 Å². The molecule has 0 bridgehead atoms. The number of hydrogen-bond acceptors (Lipinski definition) is 4. The molecule has 0 spiro atoms. The zero-order chi connectivity index (χ0) is 18.4. The van der Waals surface area contributed by atoms with E-state index in [-0.39, 0.29) is 12.1 Å². The molecule has 0 saturated carbocycles. The van der Waals surface area contributed by atoms with Gasteiger partial charge in [0.15, 0.2) is 0 Å². The number of benzene rings is 1. The summed E-state index contributed by atoms with van der Waals surface area (Å²) >= 11 is 0. The summed E-state index contributed by atoms with van der Waals surface area (Å²) in [6, 6.07) is 7.60. The second kappa shape index (κ2) is 8.37. The lowest BCUT2D eigenvalue weighted by Crippen LogP contribution is -2.28. The number of methoxy groups -OCH3 is 1. The Kier molecular flexibility index (Phi) is 5.72. The quantitative estimate of drug-likeness (QED) is 0.499. The molecule has 26 heavy (non-hydrogen) atoms. The van der Waals surface area contributed by atoms with Gasteiger partial charge in [0, 0.05) is 37.1 Å². The molecule has 0 amide bonds. The fourth-order valence-corrected chi connectivity index (χ4v) is 2.94. The summed E-state index contributed by atoms with van der Waals surface area (Å²) in [6.45, 7) is 2.45. The number of aryl methyl sites for hydroxylation is 1. The largest absolute Gasteiger partial charge is 0.497 e. The molecule has 3 rings (SSSR count). The Bertz CT molecular complexity index is 968. The summed E-state index contributed by atoms with van der Waals surface area (Å²) in [5, 5.41) is 4.31. The first-order valence-corrected chi connectivity index (χ1v) is 8.53. The van der Waals surface area contributed by atoms with Crippen molar-refractivity contribution in [1.82, 2.24) is 19.4 Å². The number of nitrogens with one attached hydrogen (secondary N) is 1. The zero-order valence-electron chi connectivity index (χ0n) is 14.8. The van der Waals surface area contributed by atoms with Crippen LogP contribution in [0.2, 0.25) is 0 Å². The van der Waals surface area contributed by atoms with E-state index >= 15 is 0 Å². The third-order valence-electron chi connectivity index (χ3n) is 4.27. The summed E-state index contributed by atoms with van der Waals surface area (Å²) in [6.07, 6.45) is 11.9. The molecule has 134 valence electrons. The van der Waals surface area contributed by atoms with Crippen LogP contribution in [0, 0.1) is 12.3 Å². The summed E-state index contributed by atoms with van der Waals surface area (Å²) < 4.78 is 8.92. The average molecular weight is 350 g/mol. The van der Waals surface area contributed by atoms with E-state index in [2.05, 4.69) is 16.2 Å². The first-order valence-electron chi connectivity index (χ1n) is 8.53.